The Morgan fingerprint density at radius 3 is 0.738 bits per heavy atom. The Balaban J connectivity index is 0.000000148. The summed E-state index contributed by atoms with van der Waals surface area (Å²) in [7, 11) is 0. The van der Waals surface area contributed by atoms with E-state index in [1.165, 1.54) is 88.7 Å². The van der Waals surface area contributed by atoms with Gasteiger partial charge in [0.2, 0.25) is 0 Å². The normalized spacial score (nSPS) is 12.6. The molecule has 0 unspecified atom stereocenters. The number of hydrogen-bond acceptors (Lipinski definition) is 6. The second-order valence-electron chi connectivity index (χ2n) is 32.6. The van der Waals surface area contributed by atoms with Crippen molar-refractivity contribution in [1.29, 1.82) is 0 Å². The van der Waals surface area contributed by atoms with Gasteiger partial charge in [0.15, 0.2) is 11.6 Å². The van der Waals surface area contributed by atoms with Gasteiger partial charge in [-0.25, -0.2) is 29.9 Å². The van der Waals surface area contributed by atoms with E-state index in [9.17, 15) is 0 Å². The Bertz CT molecular complexity index is 7720. The van der Waals surface area contributed by atoms with Crippen molar-refractivity contribution in [3.63, 3.8) is 0 Å². The molecule has 0 N–H and O–H groups in total. The number of aromatic nitrogens is 6. The zero-order valence-corrected chi connectivity index (χ0v) is 68.7. The molecule has 0 fully saturated rings. The molecule has 126 heavy (non-hydrogen) atoms. The average molecular weight is 1600 g/mol. The van der Waals surface area contributed by atoms with Crippen molar-refractivity contribution in [3.05, 3.63) is 518 Å². The summed E-state index contributed by atoms with van der Waals surface area (Å²) in [5.41, 5.74) is 34.5. The smallest absolute Gasteiger partial charge is 0.160 e. The van der Waals surface area contributed by atoms with Gasteiger partial charge in [-0.05, 0) is 148 Å². The molecule has 2 aliphatic carbocycles. The van der Waals surface area contributed by atoms with Crippen molar-refractivity contribution >= 4 is 43.4 Å². The van der Waals surface area contributed by atoms with Crippen LogP contribution in [0.4, 0.5) is 0 Å². The van der Waals surface area contributed by atoms with Crippen molar-refractivity contribution in [2.45, 2.75) is 10.8 Å². The Hall–Kier alpha value is -16.5. The van der Waals surface area contributed by atoms with E-state index in [1.807, 2.05) is 48.5 Å². The quantitative estimate of drug-likeness (QED) is 0.101. The maximum Gasteiger partial charge on any atom is 0.160 e. The fourth-order valence-electron chi connectivity index (χ4n) is 19.7. The molecule has 4 aromatic heterocycles. The molecule has 24 rings (SSSR count). The average Bonchev–Trinajstić information content (AvgIpc) is 1.54. The number of para-hydroxylation sites is 2. The minimum atomic E-state index is -0.488. The van der Waals surface area contributed by atoms with E-state index in [-0.39, 0.29) is 0 Å². The van der Waals surface area contributed by atoms with E-state index in [0.29, 0.717) is 11.6 Å². The second kappa shape index (κ2) is 31.5. The van der Waals surface area contributed by atoms with E-state index >= 15 is 0 Å². The van der Waals surface area contributed by atoms with Gasteiger partial charge < -0.3 is 0 Å². The summed E-state index contributed by atoms with van der Waals surface area (Å²) >= 11 is 0. The molecule has 4 heterocycles. The lowest BCUT2D eigenvalue weighted by molar-refractivity contribution is 0.769. The van der Waals surface area contributed by atoms with E-state index in [1.54, 1.807) is 0 Å². The Kier molecular flexibility index (Phi) is 18.6. The molecular weight excluding hydrogens is 1530 g/mol. The lowest BCUT2D eigenvalue weighted by Crippen LogP contribution is -2.28. The van der Waals surface area contributed by atoms with Crippen LogP contribution in [0.15, 0.2) is 473 Å². The summed E-state index contributed by atoms with van der Waals surface area (Å²) in [6.45, 7) is 0. The van der Waals surface area contributed by atoms with Gasteiger partial charge in [0.25, 0.3) is 0 Å². The van der Waals surface area contributed by atoms with Gasteiger partial charge in [-0.3, -0.25) is 0 Å². The van der Waals surface area contributed by atoms with Crippen LogP contribution in [0, 0.1) is 0 Å². The first-order valence-electron chi connectivity index (χ1n) is 43.0. The maximum absolute atomic E-state index is 5.42. The Morgan fingerprint density at radius 2 is 0.389 bits per heavy atom. The molecule has 0 saturated carbocycles. The first kappa shape index (κ1) is 74.5. The molecule has 18 aromatic carbocycles. The lowest BCUT2D eigenvalue weighted by Gasteiger charge is -2.34. The standard InChI is InChI=1S/C66H43N3.C54H35N3/c1-5-17-44(18-6-1)45-29-35-49(36-30-45)63-43-62(48-19-7-2-8-20-48)68-65(69-63)51-39-33-47(34-40-51)46-31-37-50(38-32-46)64-58-41-57-54-25-13-15-27-59(54)66(52-21-9-3-10-22-52,53-23-11-4-12-24-53)60(57)42-56(58)55-26-14-16-28-61(55)67-64;1-5-17-36(18-6-1)50-35-51(57-53(56-50)39-19-7-2-8-20-39)37-29-31-38(32-30-37)52-46-33-45-42-25-13-15-27-47(42)54(40-21-9-3-10-22-40,41-23-11-4-12-24-41)48(45)34-44(46)43-26-14-16-28-49(43)55-52/h1-43H;1-35H. The van der Waals surface area contributed by atoms with E-state index < -0.39 is 10.8 Å². The predicted octanol–water partition coefficient (Wildman–Crippen LogP) is 29.8. The van der Waals surface area contributed by atoms with Crippen molar-refractivity contribution in [3.8, 4) is 135 Å². The fraction of sp³-hybridized carbons (Fsp3) is 0.0167. The Labute approximate surface area is 731 Å². The highest BCUT2D eigenvalue weighted by molar-refractivity contribution is 6.15. The minimum Gasteiger partial charge on any atom is -0.247 e. The molecule has 0 radical (unpaired) electrons. The second-order valence-corrected chi connectivity index (χ2v) is 32.6. The number of rotatable bonds is 14. The minimum absolute atomic E-state index is 0.483. The van der Waals surface area contributed by atoms with Gasteiger partial charge in [0, 0.05) is 66.1 Å². The summed E-state index contributed by atoms with van der Waals surface area (Å²) in [6.07, 6.45) is 0. The van der Waals surface area contributed by atoms with E-state index in [4.69, 9.17) is 29.9 Å². The summed E-state index contributed by atoms with van der Waals surface area (Å²) < 4.78 is 0. The van der Waals surface area contributed by atoms with Crippen molar-refractivity contribution in [1.82, 2.24) is 29.9 Å². The van der Waals surface area contributed by atoms with Crippen LogP contribution in [0.1, 0.15) is 44.5 Å². The Morgan fingerprint density at radius 1 is 0.143 bits per heavy atom. The number of hydrogen-bond donors (Lipinski definition) is 0. The van der Waals surface area contributed by atoms with E-state index in [0.717, 1.165) is 122 Å². The predicted molar refractivity (Wildman–Crippen MR) is 519 cm³/mol. The van der Waals surface area contributed by atoms with Gasteiger partial charge in [0.1, 0.15) is 0 Å². The van der Waals surface area contributed by atoms with Crippen LogP contribution in [0.3, 0.4) is 0 Å². The first-order valence-corrected chi connectivity index (χ1v) is 43.0. The third-order valence-electron chi connectivity index (χ3n) is 25.6. The highest BCUT2D eigenvalue weighted by Crippen LogP contribution is 2.60. The van der Waals surface area contributed by atoms with Gasteiger partial charge in [-0.1, -0.05) is 425 Å². The largest absolute Gasteiger partial charge is 0.247 e. The zero-order valence-electron chi connectivity index (χ0n) is 68.7. The first-order chi connectivity index (χ1) is 62.4. The number of pyridine rings is 2. The molecule has 6 nitrogen and oxygen atoms in total. The van der Waals surface area contributed by atoms with Crippen molar-refractivity contribution in [2.75, 3.05) is 0 Å². The molecular formula is C120H78N6. The molecule has 6 heteroatoms. The topological polar surface area (TPSA) is 77.3 Å². The molecule has 22 aromatic rings. The van der Waals surface area contributed by atoms with Crippen LogP contribution in [-0.2, 0) is 10.8 Å². The molecule has 0 amide bonds. The van der Waals surface area contributed by atoms with Crippen LogP contribution < -0.4 is 0 Å². The lowest BCUT2D eigenvalue weighted by atomic mass is 9.67. The number of benzene rings is 18. The molecule has 0 aliphatic heterocycles. The molecule has 2 aliphatic rings. The van der Waals surface area contributed by atoms with Gasteiger partial charge in [-0.15, -0.1) is 0 Å². The van der Waals surface area contributed by atoms with Crippen molar-refractivity contribution < 1.29 is 0 Å². The van der Waals surface area contributed by atoms with Crippen LogP contribution in [0.25, 0.3) is 178 Å². The zero-order chi connectivity index (χ0) is 83.5. The highest BCUT2D eigenvalue weighted by Gasteiger charge is 2.48. The van der Waals surface area contributed by atoms with E-state index in [2.05, 4.69) is 425 Å². The van der Waals surface area contributed by atoms with Gasteiger partial charge >= 0.3 is 0 Å². The molecule has 0 bridgehead atoms. The molecule has 0 saturated heterocycles. The molecule has 0 atom stereocenters. The fourth-order valence-corrected chi connectivity index (χ4v) is 19.7. The van der Waals surface area contributed by atoms with Crippen LogP contribution in [0.5, 0.6) is 0 Å². The van der Waals surface area contributed by atoms with Crippen molar-refractivity contribution in [2.24, 2.45) is 0 Å². The monoisotopic (exact) mass is 1600 g/mol. The van der Waals surface area contributed by atoms with Crippen LogP contribution in [0.2, 0.25) is 0 Å². The maximum atomic E-state index is 5.42. The third kappa shape index (κ3) is 12.9. The third-order valence-corrected chi connectivity index (χ3v) is 25.6. The number of fused-ring (bicyclic) bond motifs is 12. The molecule has 588 valence electrons. The molecule has 0 spiro atoms. The highest BCUT2D eigenvalue weighted by atomic mass is 14.9. The number of nitrogens with zero attached hydrogens (tertiary/aromatic N) is 6. The summed E-state index contributed by atoms with van der Waals surface area (Å²) in [4.78, 5) is 31.2. The van der Waals surface area contributed by atoms with Crippen LogP contribution >= 0.6 is 0 Å². The summed E-state index contributed by atoms with van der Waals surface area (Å²) in [5.74, 6) is 1.39. The summed E-state index contributed by atoms with van der Waals surface area (Å²) in [5, 5.41) is 6.95. The van der Waals surface area contributed by atoms with Gasteiger partial charge in [-0.2, -0.15) is 0 Å². The summed E-state index contributed by atoms with van der Waals surface area (Å²) in [6, 6.07) is 169. The SMILES string of the molecule is c1ccc(-c2cc(-c3ccc(-c4nc5ccccc5c5cc6c(cc45)-c4ccccc4C6(c4ccccc4)c4ccccc4)cc3)nc(-c3ccccc3)n2)cc1.c1ccc(-c2ccc(-c3cc(-c4ccccc4)nc(-c4ccc(-c5ccc(-c6nc7ccccc7c7cc8c(cc67)-c6ccccc6C8(c6ccccc6)c6ccccc6)cc5)cc4)n3)cc2)cc1. The van der Waals surface area contributed by atoms with Gasteiger partial charge in [0.05, 0.1) is 56.0 Å². The van der Waals surface area contributed by atoms with Crippen LogP contribution in [-0.4, -0.2) is 29.9 Å².